The Kier molecular flexibility index (Phi) is 7.60. The van der Waals surface area contributed by atoms with Crippen molar-refractivity contribution in [1.82, 2.24) is 0 Å². The zero-order valence-electron chi connectivity index (χ0n) is 19.3. The van der Waals surface area contributed by atoms with Gasteiger partial charge in [-0.25, -0.2) is 9.38 Å². The van der Waals surface area contributed by atoms with Crippen molar-refractivity contribution in [3.8, 4) is 5.75 Å². The summed E-state index contributed by atoms with van der Waals surface area (Å²) < 4.78 is 20.0. The van der Waals surface area contributed by atoms with Gasteiger partial charge >= 0.3 is 0 Å². The first-order valence-corrected chi connectivity index (χ1v) is 12.8. The maximum Gasteiger partial charge on any atom is 0.271 e. The van der Waals surface area contributed by atoms with Crippen LogP contribution in [0.5, 0.6) is 5.75 Å². The highest BCUT2D eigenvalue weighted by Crippen LogP contribution is 2.38. The number of benzene rings is 4. The van der Waals surface area contributed by atoms with E-state index in [0.717, 1.165) is 0 Å². The highest BCUT2D eigenvalue weighted by molar-refractivity contribution is 8.19. The van der Waals surface area contributed by atoms with Crippen molar-refractivity contribution < 1.29 is 13.9 Å². The molecule has 1 aliphatic heterocycles. The van der Waals surface area contributed by atoms with E-state index in [-0.39, 0.29) is 18.3 Å². The van der Waals surface area contributed by atoms with Crippen molar-refractivity contribution in [3.05, 3.63) is 129 Å². The normalized spacial score (nSPS) is 15.5. The third-order valence-corrected chi connectivity index (χ3v) is 6.96. The number of thioether (sulfide) groups is 1. The second kappa shape index (κ2) is 11.2. The van der Waals surface area contributed by atoms with E-state index in [0.29, 0.717) is 48.4 Å². The number of hydrogen-bond acceptors (Lipinski definition) is 4. The number of amides is 1. The van der Waals surface area contributed by atoms with Gasteiger partial charge in [-0.3, -0.25) is 9.69 Å². The minimum absolute atomic E-state index is 0.0636. The molecule has 0 atom stereocenters. The van der Waals surface area contributed by atoms with Crippen LogP contribution in [0.25, 0.3) is 6.08 Å². The molecule has 1 fully saturated rings. The van der Waals surface area contributed by atoms with Crippen molar-refractivity contribution in [2.75, 3.05) is 4.90 Å². The molecule has 0 bridgehead atoms. The molecule has 4 nitrogen and oxygen atoms in total. The predicted molar refractivity (Wildman–Crippen MR) is 150 cm³/mol. The van der Waals surface area contributed by atoms with Gasteiger partial charge in [0.15, 0.2) is 5.17 Å². The second-order valence-corrected chi connectivity index (χ2v) is 9.90. The van der Waals surface area contributed by atoms with Gasteiger partial charge in [-0.15, -0.1) is 0 Å². The molecule has 0 radical (unpaired) electrons. The number of carbonyl (C=O) groups is 1. The molecular formula is C29H19Cl2FN2O2S. The lowest BCUT2D eigenvalue weighted by Gasteiger charge is -2.15. The molecular weight excluding hydrogens is 530 g/mol. The number of nitrogens with zero attached hydrogens (tertiary/aromatic N) is 2. The summed E-state index contributed by atoms with van der Waals surface area (Å²) in [6, 6.07) is 27.8. The zero-order chi connectivity index (χ0) is 25.8. The molecule has 0 spiro atoms. The molecule has 1 amide bonds. The number of aliphatic imine (C=N–C) groups is 1. The third kappa shape index (κ3) is 5.88. The van der Waals surface area contributed by atoms with Crippen molar-refractivity contribution in [2.24, 2.45) is 4.99 Å². The molecule has 0 aliphatic carbocycles. The quantitative estimate of drug-likeness (QED) is 0.227. The van der Waals surface area contributed by atoms with Crippen LogP contribution in [0.1, 0.15) is 11.1 Å². The number of anilines is 1. The Morgan fingerprint density at radius 2 is 1.51 bits per heavy atom. The van der Waals surface area contributed by atoms with Crippen LogP contribution in [0.3, 0.4) is 0 Å². The van der Waals surface area contributed by atoms with Crippen molar-refractivity contribution in [2.45, 2.75) is 6.61 Å². The first kappa shape index (κ1) is 25.1. The fourth-order valence-electron chi connectivity index (χ4n) is 3.64. The van der Waals surface area contributed by atoms with Crippen LogP contribution in [0.2, 0.25) is 10.0 Å². The van der Waals surface area contributed by atoms with E-state index in [1.54, 1.807) is 83.8 Å². The van der Waals surface area contributed by atoms with E-state index in [9.17, 15) is 9.18 Å². The van der Waals surface area contributed by atoms with Gasteiger partial charge in [0.2, 0.25) is 0 Å². The largest absolute Gasteiger partial charge is 0.488 e. The molecule has 1 aliphatic rings. The highest BCUT2D eigenvalue weighted by Gasteiger charge is 2.35. The van der Waals surface area contributed by atoms with Crippen LogP contribution in [0.15, 0.2) is 107 Å². The van der Waals surface area contributed by atoms with E-state index in [1.807, 2.05) is 18.2 Å². The van der Waals surface area contributed by atoms with Crippen molar-refractivity contribution >= 4 is 63.5 Å². The number of carbonyl (C=O) groups excluding carboxylic acids is 1. The van der Waals surface area contributed by atoms with Gasteiger partial charge in [0.1, 0.15) is 18.2 Å². The first-order valence-electron chi connectivity index (χ1n) is 11.3. The van der Waals surface area contributed by atoms with Crippen molar-refractivity contribution in [3.63, 3.8) is 0 Å². The van der Waals surface area contributed by atoms with E-state index in [1.165, 1.54) is 17.8 Å². The summed E-state index contributed by atoms with van der Waals surface area (Å²) in [5.41, 5.74) is 2.44. The average molecular weight is 549 g/mol. The number of rotatable bonds is 6. The molecule has 184 valence electrons. The lowest BCUT2D eigenvalue weighted by molar-refractivity contribution is -0.113. The summed E-state index contributed by atoms with van der Waals surface area (Å²) in [5.74, 6) is -0.0294. The van der Waals surface area contributed by atoms with Gasteiger partial charge in [0.05, 0.1) is 16.3 Å². The summed E-state index contributed by atoms with van der Waals surface area (Å²) in [6.07, 6.45) is 1.76. The van der Waals surface area contributed by atoms with Gasteiger partial charge in [0.25, 0.3) is 5.91 Å². The maximum atomic E-state index is 14.1. The molecule has 1 heterocycles. The van der Waals surface area contributed by atoms with Gasteiger partial charge in [-0.05, 0) is 78.5 Å². The molecule has 0 saturated carbocycles. The minimum Gasteiger partial charge on any atom is -0.488 e. The second-order valence-electron chi connectivity index (χ2n) is 8.02. The molecule has 1 saturated heterocycles. The fraction of sp³-hybridized carbons (Fsp3) is 0.0345. The van der Waals surface area contributed by atoms with Crippen LogP contribution in [0, 0.1) is 5.82 Å². The summed E-state index contributed by atoms with van der Waals surface area (Å²) in [5, 5.41) is 1.66. The van der Waals surface area contributed by atoms with E-state index >= 15 is 0 Å². The molecule has 5 rings (SSSR count). The molecule has 0 unspecified atom stereocenters. The van der Waals surface area contributed by atoms with Gasteiger partial charge in [-0.2, -0.15) is 0 Å². The van der Waals surface area contributed by atoms with Crippen LogP contribution in [0.4, 0.5) is 15.8 Å². The standard InChI is InChI=1S/C29H19Cl2FN2O2S/c30-21-9-13-23(14-10-21)33-29-34(24-15-11-22(31)12-16-24)28(35)27(37-29)17-19-5-2-4-8-26(19)36-18-20-6-1-3-7-25(20)32/h1-17H,18H2/b27-17-,33-29?. The number of para-hydroxylation sites is 1. The number of halogens is 3. The predicted octanol–water partition coefficient (Wildman–Crippen LogP) is 8.52. The fourth-order valence-corrected chi connectivity index (χ4v) is 4.88. The Morgan fingerprint density at radius 1 is 0.865 bits per heavy atom. The summed E-state index contributed by atoms with van der Waals surface area (Å²) in [6.45, 7) is 0.0636. The molecule has 4 aromatic carbocycles. The van der Waals surface area contributed by atoms with E-state index in [2.05, 4.69) is 0 Å². The third-order valence-electron chi connectivity index (χ3n) is 5.49. The van der Waals surface area contributed by atoms with Crippen LogP contribution in [-0.2, 0) is 11.4 Å². The first-order chi connectivity index (χ1) is 18.0. The Balaban J connectivity index is 1.49. The monoisotopic (exact) mass is 548 g/mol. The lowest BCUT2D eigenvalue weighted by Crippen LogP contribution is -2.28. The Hall–Kier alpha value is -3.58. The van der Waals surface area contributed by atoms with Crippen LogP contribution < -0.4 is 9.64 Å². The molecule has 0 N–H and O–H groups in total. The van der Waals surface area contributed by atoms with E-state index < -0.39 is 0 Å². The minimum atomic E-state index is -0.332. The van der Waals surface area contributed by atoms with Gasteiger partial charge < -0.3 is 4.74 Å². The summed E-state index contributed by atoms with van der Waals surface area (Å²) in [4.78, 5) is 20.3. The van der Waals surface area contributed by atoms with E-state index in [4.69, 9.17) is 32.9 Å². The summed E-state index contributed by atoms with van der Waals surface area (Å²) >= 11 is 13.3. The smallest absolute Gasteiger partial charge is 0.271 e. The molecule has 37 heavy (non-hydrogen) atoms. The highest BCUT2D eigenvalue weighted by atomic mass is 35.5. The lowest BCUT2D eigenvalue weighted by atomic mass is 10.1. The maximum absolute atomic E-state index is 14.1. The Morgan fingerprint density at radius 3 is 2.24 bits per heavy atom. The molecule has 0 aromatic heterocycles. The van der Waals surface area contributed by atoms with Crippen molar-refractivity contribution in [1.29, 1.82) is 0 Å². The topological polar surface area (TPSA) is 41.9 Å². The Labute approximate surface area is 228 Å². The zero-order valence-corrected chi connectivity index (χ0v) is 21.6. The van der Waals surface area contributed by atoms with Gasteiger partial charge in [-0.1, -0.05) is 59.6 Å². The number of ether oxygens (including phenoxy) is 1. The summed E-state index contributed by atoms with van der Waals surface area (Å²) in [7, 11) is 0. The molecule has 8 heteroatoms. The number of amidine groups is 1. The SMILES string of the molecule is O=C1/C(=C/c2ccccc2OCc2ccccc2F)SC(=Nc2ccc(Cl)cc2)N1c1ccc(Cl)cc1. The van der Waals surface area contributed by atoms with Gasteiger partial charge in [0, 0.05) is 21.2 Å². The average Bonchev–Trinajstić information content (AvgIpc) is 3.20. The van der Waals surface area contributed by atoms with Crippen LogP contribution >= 0.6 is 35.0 Å². The number of hydrogen-bond donors (Lipinski definition) is 0. The van der Waals surface area contributed by atoms with Crippen LogP contribution in [-0.4, -0.2) is 11.1 Å². The Bertz CT molecular complexity index is 1510. The molecule has 4 aromatic rings.